The van der Waals surface area contributed by atoms with E-state index in [1.165, 1.54) is 11.3 Å². The molecule has 1 saturated heterocycles. The standard InChI is InChI=1S/C9H14N4O2S.ClH/c1-2-7-12-13-9(16-7)11-8(15)6-3-5(14)4-10-6;/h5-6,10,14H,2-4H2,1H3,(H,11,13,15);1H. The Morgan fingerprint density at radius 1 is 1.65 bits per heavy atom. The summed E-state index contributed by atoms with van der Waals surface area (Å²) >= 11 is 1.38. The number of aromatic nitrogens is 2. The summed E-state index contributed by atoms with van der Waals surface area (Å²) in [5.41, 5.74) is 0. The molecule has 2 heterocycles. The lowest BCUT2D eigenvalue weighted by Gasteiger charge is -2.07. The van der Waals surface area contributed by atoms with Crippen molar-refractivity contribution >= 4 is 34.8 Å². The van der Waals surface area contributed by atoms with Crippen molar-refractivity contribution in [3.8, 4) is 0 Å². The van der Waals surface area contributed by atoms with Gasteiger partial charge in [-0.25, -0.2) is 0 Å². The van der Waals surface area contributed by atoms with E-state index in [-0.39, 0.29) is 24.4 Å². The zero-order valence-corrected chi connectivity index (χ0v) is 11.0. The number of hydrogen-bond acceptors (Lipinski definition) is 6. The van der Waals surface area contributed by atoms with Crippen molar-refractivity contribution in [3.63, 3.8) is 0 Å². The number of aryl methyl sites for hydroxylation is 1. The number of carbonyl (C=O) groups is 1. The number of anilines is 1. The van der Waals surface area contributed by atoms with E-state index in [0.717, 1.165) is 11.4 Å². The Labute approximate surface area is 109 Å². The molecule has 3 N–H and O–H groups in total. The van der Waals surface area contributed by atoms with Crippen LogP contribution in [0.25, 0.3) is 0 Å². The average Bonchev–Trinajstić information content (AvgIpc) is 2.87. The van der Waals surface area contributed by atoms with E-state index in [4.69, 9.17) is 0 Å². The molecule has 1 fully saturated rings. The average molecular weight is 279 g/mol. The molecule has 0 spiro atoms. The van der Waals surface area contributed by atoms with Gasteiger partial charge < -0.3 is 10.4 Å². The highest BCUT2D eigenvalue weighted by molar-refractivity contribution is 7.15. The molecule has 2 rings (SSSR count). The molecule has 6 nitrogen and oxygen atoms in total. The largest absolute Gasteiger partial charge is 0.392 e. The van der Waals surface area contributed by atoms with Gasteiger partial charge >= 0.3 is 0 Å². The van der Waals surface area contributed by atoms with E-state index in [1.807, 2.05) is 6.92 Å². The van der Waals surface area contributed by atoms with Crippen LogP contribution in [0.1, 0.15) is 18.4 Å². The van der Waals surface area contributed by atoms with Crippen LogP contribution in [0.5, 0.6) is 0 Å². The molecule has 1 aliphatic rings. The quantitative estimate of drug-likeness (QED) is 0.734. The second-order valence-electron chi connectivity index (χ2n) is 3.69. The van der Waals surface area contributed by atoms with Crippen LogP contribution in [0.3, 0.4) is 0 Å². The molecule has 1 aliphatic heterocycles. The Bertz CT molecular complexity index is 387. The van der Waals surface area contributed by atoms with Gasteiger partial charge in [-0.1, -0.05) is 18.3 Å². The van der Waals surface area contributed by atoms with Crippen LogP contribution in [0.4, 0.5) is 5.13 Å². The fraction of sp³-hybridized carbons (Fsp3) is 0.667. The first-order chi connectivity index (χ1) is 7.69. The summed E-state index contributed by atoms with van der Waals surface area (Å²) in [6.45, 7) is 2.45. The van der Waals surface area contributed by atoms with Crippen LogP contribution in [-0.4, -0.2) is 39.9 Å². The predicted molar refractivity (Wildman–Crippen MR) is 67.6 cm³/mol. The number of rotatable bonds is 3. The minimum absolute atomic E-state index is 0. The van der Waals surface area contributed by atoms with E-state index in [1.54, 1.807) is 0 Å². The van der Waals surface area contributed by atoms with Crippen LogP contribution in [0, 0.1) is 0 Å². The highest BCUT2D eigenvalue weighted by Crippen LogP contribution is 2.16. The maximum Gasteiger partial charge on any atom is 0.243 e. The maximum absolute atomic E-state index is 11.7. The van der Waals surface area contributed by atoms with Gasteiger partial charge in [0.25, 0.3) is 0 Å². The molecular formula is C9H15ClN4O2S. The van der Waals surface area contributed by atoms with Gasteiger partial charge in [-0.15, -0.1) is 22.6 Å². The van der Waals surface area contributed by atoms with E-state index < -0.39 is 6.10 Å². The van der Waals surface area contributed by atoms with Crippen molar-refractivity contribution in [2.75, 3.05) is 11.9 Å². The zero-order chi connectivity index (χ0) is 11.5. The summed E-state index contributed by atoms with van der Waals surface area (Å²) in [5, 5.41) is 24.1. The molecule has 0 radical (unpaired) electrons. The summed E-state index contributed by atoms with van der Waals surface area (Å²) in [5.74, 6) is -0.157. The molecule has 1 aromatic heterocycles. The van der Waals surface area contributed by atoms with Gasteiger partial charge in [0.2, 0.25) is 11.0 Å². The van der Waals surface area contributed by atoms with Crippen LogP contribution < -0.4 is 10.6 Å². The lowest BCUT2D eigenvalue weighted by atomic mass is 10.2. The second kappa shape index (κ2) is 6.25. The first-order valence-corrected chi connectivity index (χ1v) is 6.05. The van der Waals surface area contributed by atoms with E-state index >= 15 is 0 Å². The Morgan fingerprint density at radius 3 is 2.94 bits per heavy atom. The van der Waals surface area contributed by atoms with Gasteiger partial charge in [-0.2, -0.15) is 0 Å². The normalized spacial score (nSPS) is 23.2. The van der Waals surface area contributed by atoms with Crippen LogP contribution >= 0.6 is 23.7 Å². The highest BCUT2D eigenvalue weighted by Gasteiger charge is 2.28. The Balaban J connectivity index is 0.00000144. The third-order valence-corrected chi connectivity index (χ3v) is 3.41. The van der Waals surface area contributed by atoms with Crippen molar-refractivity contribution in [2.45, 2.75) is 31.9 Å². The second-order valence-corrected chi connectivity index (χ2v) is 4.76. The van der Waals surface area contributed by atoms with Crippen molar-refractivity contribution < 1.29 is 9.90 Å². The number of aliphatic hydroxyl groups excluding tert-OH is 1. The van der Waals surface area contributed by atoms with Gasteiger partial charge in [-0.05, 0) is 12.8 Å². The fourth-order valence-electron chi connectivity index (χ4n) is 1.56. The summed E-state index contributed by atoms with van der Waals surface area (Å²) < 4.78 is 0. The SMILES string of the molecule is CCc1nnc(NC(=O)C2CC(O)CN2)s1.Cl. The van der Waals surface area contributed by atoms with Gasteiger partial charge in [0.1, 0.15) is 5.01 Å². The monoisotopic (exact) mass is 278 g/mol. The van der Waals surface area contributed by atoms with Crippen molar-refractivity contribution in [2.24, 2.45) is 0 Å². The number of amides is 1. The molecule has 1 amide bonds. The molecule has 0 saturated carbocycles. The smallest absolute Gasteiger partial charge is 0.243 e. The molecule has 0 bridgehead atoms. The van der Waals surface area contributed by atoms with E-state index in [0.29, 0.717) is 18.1 Å². The van der Waals surface area contributed by atoms with Gasteiger partial charge in [0, 0.05) is 6.54 Å². The van der Waals surface area contributed by atoms with Crippen LogP contribution in [0.15, 0.2) is 0 Å². The summed E-state index contributed by atoms with van der Waals surface area (Å²) in [4.78, 5) is 11.7. The number of halogens is 1. The number of β-amino-alcohol motifs (C(OH)–C–C–N with tert-alkyl or cyclic N) is 1. The summed E-state index contributed by atoms with van der Waals surface area (Å²) in [6.07, 6.45) is 0.829. The van der Waals surface area contributed by atoms with Gasteiger partial charge in [0.15, 0.2) is 0 Å². The molecule has 8 heteroatoms. The van der Waals surface area contributed by atoms with Gasteiger partial charge in [-0.3, -0.25) is 10.1 Å². The number of carbonyl (C=O) groups excluding carboxylic acids is 1. The number of aliphatic hydroxyl groups is 1. The summed E-state index contributed by atoms with van der Waals surface area (Å²) in [6, 6.07) is -0.330. The molecule has 17 heavy (non-hydrogen) atoms. The highest BCUT2D eigenvalue weighted by atomic mass is 35.5. The van der Waals surface area contributed by atoms with Crippen molar-refractivity contribution in [3.05, 3.63) is 5.01 Å². The first-order valence-electron chi connectivity index (χ1n) is 5.23. The predicted octanol–water partition coefficient (Wildman–Crippen LogP) is 0.184. The maximum atomic E-state index is 11.7. The Kier molecular flexibility index (Phi) is 5.26. The molecule has 96 valence electrons. The zero-order valence-electron chi connectivity index (χ0n) is 9.34. The van der Waals surface area contributed by atoms with E-state index in [9.17, 15) is 9.90 Å². The number of hydrogen-bond donors (Lipinski definition) is 3. The summed E-state index contributed by atoms with van der Waals surface area (Å²) in [7, 11) is 0. The Morgan fingerprint density at radius 2 is 2.41 bits per heavy atom. The lowest BCUT2D eigenvalue weighted by molar-refractivity contribution is -0.117. The molecule has 0 aliphatic carbocycles. The fourth-order valence-corrected chi connectivity index (χ4v) is 2.24. The third-order valence-electron chi connectivity index (χ3n) is 2.42. The first kappa shape index (κ1) is 14.3. The molecule has 2 atom stereocenters. The third kappa shape index (κ3) is 3.60. The molecule has 1 aromatic rings. The molecule has 0 aromatic carbocycles. The van der Waals surface area contributed by atoms with Crippen molar-refractivity contribution in [1.29, 1.82) is 0 Å². The minimum atomic E-state index is -0.434. The Hall–Kier alpha value is -0.760. The topological polar surface area (TPSA) is 87.1 Å². The van der Waals surface area contributed by atoms with Crippen LogP contribution in [0.2, 0.25) is 0 Å². The van der Waals surface area contributed by atoms with Crippen molar-refractivity contribution in [1.82, 2.24) is 15.5 Å². The molecular weight excluding hydrogens is 264 g/mol. The van der Waals surface area contributed by atoms with Crippen LogP contribution in [-0.2, 0) is 11.2 Å². The lowest BCUT2D eigenvalue weighted by Crippen LogP contribution is -2.35. The van der Waals surface area contributed by atoms with E-state index in [2.05, 4.69) is 20.8 Å². The van der Waals surface area contributed by atoms with Gasteiger partial charge in [0.05, 0.1) is 12.1 Å². The molecule has 2 unspecified atom stereocenters. The number of nitrogens with zero attached hydrogens (tertiary/aromatic N) is 2. The minimum Gasteiger partial charge on any atom is -0.392 e. The number of nitrogens with one attached hydrogen (secondary N) is 2.